The van der Waals surface area contributed by atoms with Gasteiger partial charge in [0, 0.05) is 24.2 Å². The van der Waals surface area contributed by atoms with Gasteiger partial charge in [0.05, 0.1) is 18.2 Å². The number of carboxylic acids is 1. The number of rotatable bonds is 10. The molecule has 0 saturated carbocycles. The second kappa shape index (κ2) is 12.2. The average Bonchev–Trinajstić information content (AvgIpc) is 2.97. The molecular formula is C31H32N4O6. The molecule has 4 rings (SSSR count). The maximum absolute atomic E-state index is 14.1. The number of carboxylic acid groups (broad SMARTS) is 1. The molecule has 0 aliphatic carbocycles. The average molecular weight is 557 g/mol. The molecule has 0 saturated heterocycles. The smallest absolute Gasteiger partial charge is 0.351 e. The van der Waals surface area contributed by atoms with Crippen molar-refractivity contribution in [3.05, 3.63) is 108 Å². The Morgan fingerprint density at radius 3 is 2.12 bits per heavy atom. The van der Waals surface area contributed by atoms with Crippen molar-refractivity contribution in [2.45, 2.75) is 32.0 Å². The first-order chi connectivity index (χ1) is 19.5. The van der Waals surface area contributed by atoms with E-state index in [-0.39, 0.29) is 18.0 Å². The van der Waals surface area contributed by atoms with E-state index in [1.165, 1.54) is 28.4 Å². The molecule has 0 spiro atoms. The van der Waals surface area contributed by atoms with Gasteiger partial charge in [-0.2, -0.15) is 0 Å². The molecule has 1 aliphatic heterocycles. The normalized spacial score (nSPS) is 17.5. The molecule has 10 heteroatoms. The minimum atomic E-state index is -2.89. The van der Waals surface area contributed by atoms with Crippen LogP contribution in [0.2, 0.25) is 0 Å². The van der Waals surface area contributed by atoms with E-state index in [1.807, 2.05) is 0 Å². The summed E-state index contributed by atoms with van der Waals surface area (Å²) in [4.78, 5) is 60.0. The standard InChI is InChI=1S/C31H32N4O6/c1-20(2)27-29(38)34(19-26(36)24(31(32,41)30(39)40)17-21-9-5-3-6-10-21)25(22-11-7-4-8-12-22)18-35(27)28(37)23-13-15-33-16-14-23/h3-16,18,20,24,27,41H,17,19,32H2,1-2H3,(H,39,40)/t24-,27?,31?/m1/s1. The van der Waals surface area contributed by atoms with Gasteiger partial charge in [-0.25, -0.2) is 4.79 Å². The molecule has 3 aromatic rings. The van der Waals surface area contributed by atoms with Crippen molar-refractivity contribution in [1.82, 2.24) is 14.8 Å². The summed E-state index contributed by atoms with van der Waals surface area (Å²) in [5.41, 5.74) is 4.68. The summed E-state index contributed by atoms with van der Waals surface area (Å²) in [6.45, 7) is 3.01. The van der Waals surface area contributed by atoms with Crippen LogP contribution in [0.25, 0.3) is 5.70 Å². The Labute approximate surface area is 237 Å². The summed E-state index contributed by atoms with van der Waals surface area (Å²) < 4.78 is 0. The monoisotopic (exact) mass is 556 g/mol. The summed E-state index contributed by atoms with van der Waals surface area (Å²) >= 11 is 0. The Kier molecular flexibility index (Phi) is 8.75. The molecule has 0 fully saturated rings. The number of Topliss-reactive ketones (excluding diaryl/α,β-unsaturated/α-hetero) is 1. The number of pyridine rings is 1. The van der Waals surface area contributed by atoms with Crippen LogP contribution in [-0.4, -0.2) is 66.9 Å². The predicted octanol–water partition coefficient (Wildman–Crippen LogP) is 2.55. The first kappa shape index (κ1) is 29.3. The van der Waals surface area contributed by atoms with E-state index < -0.39 is 47.8 Å². The number of aromatic nitrogens is 1. The van der Waals surface area contributed by atoms with E-state index in [9.17, 15) is 29.4 Å². The SMILES string of the molecule is CC(C)C1C(=O)N(CC(=O)[C@@H](Cc2ccccc2)C(N)(O)C(=O)O)C(c2ccccc2)=CN1C(=O)c1ccncc1. The maximum Gasteiger partial charge on any atom is 0.351 e. The molecule has 2 heterocycles. The van der Waals surface area contributed by atoms with Crippen LogP contribution in [0.1, 0.15) is 35.3 Å². The molecule has 10 nitrogen and oxygen atoms in total. The summed E-state index contributed by atoms with van der Waals surface area (Å²) in [6, 6.07) is 19.5. The fourth-order valence-electron chi connectivity index (χ4n) is 4.90. The Morgan fingerprint density at radius 1 is 0.976 bits per heavy atom. The van der Waals surface area contributed by atoms with Crippen LogP contribution in [0.5, 0.6) is 0 Å². The highest BCUT2D eigenvalue weighted by atomic mass is 16.4. The fraction of sp³-hybridized carbons (Fsp3) is 0.258. The van der Waals surface area contributed by atoms with Gasteiger partial charge in [0.2, 0.25) is 5.72 Å². The second-order valence-electron chi connectivity index (χ2n) is 10.3. The highest BCUT2D eigenvalue weighted by Gasteiger charge is 2.47. The molecule has 4 N–H and O–H groups in total. The van der Waals surface area contributed by atoms with E-state index in [4.69, 9.17) is 5.73 Å². The molecular weight excluding hydrogens is 524 g/mol. The number of ketones is 1. The molecule has 2 unspecified atom stereocenters. The number of amides is 2. The van der Waals surface area contributed by atoms with Gasteiger partial charge in [0.25, 0.3) is 11.8 Å². The zero-order valence-electron chi connectivity index (χ0n) is 22.8. The topological polar surface area (TPSA) is 154 Å². The fourth-order valence-corrected chi connectivity index (χ4v) is 4.90. The largest absolute Gasteiger partial charge is 0.478 e. The van der Waals surface area contributed by atoms with Crippen molar-refractivity contribution in [2.24, 2.45) is 17.6 Å². The Morgan fingerprint density at radius 2 is 1.56 bits per heavy atom. The number of benzene rings is 2. The van der Waals surface area contributed by atoms with E-state index in [2.05, 4.69) is 4.98 Å². The van der Waals surface area contributed by atoms with Crippen LogP contribution in [0.4, 0.5) is 0 Å². The van der Waals surface area contributed by atoms with Crippen molar-refractivity contribution >= 4 is 29.3 Å². The number of aliphatic hydroxyl groups is 1. The lowest BCUT2D eigenvalue weighted by molar-refractivity contribution is -0.168. The lowest BCUT2D eigenvalue weighted by Gasteiger charge is -2.41. The molecule has 3 atom stereocenters. The molecule has 0 bridgehead atoms. The van der Waals surface area contributed by atoms with Gasteiger partial charge in [-0.05, 0) is 35.6 Å². The third-order valence-electron chi connectivity index (χ3n) is 7.09. The lowest BCUT2D eigenvalue weighted by Crippen LogP contribution is -2.60. The number of nitrogens with two attached hydrogens (primary N) is 1. The third-order valence-corrected chi connectivity index (χ3v) is 7.09. The van der Waals surface area contributed by atoms with Crippen molar-refractivity contribution < 1.29 is 29.4 Å². The van der Waals surface area contributed by atoms with Crippen LogP contribution in [-0.2, 0) is 20.8 Å². The van der Waals surface area contributed by atoms with Crippen LogP contribution in [0, 0.1) is 11.8 Å². The Balaban J connectivity index is 1.78. The third kappa shape index (κ3) is 6.24. The molecule has 212 valence electrons. The predicted molar refractivity (Wildman–Crippen MR) is 151 cm³/mol. The molecule has 2 amide bonds. The minimum absolute atomic E-state index is 0.161. The summed E-state index contributed by atoms with van der Waals surface area (Å²) in [6.07, 6.45) is 4.35. The lowest BCUT2D eigenvalue weighted by atomic mass is 9.85. The molecule has 1 aliphatic rings. The molecule has 2 aromatic carbocycles. The number of nitrogens with zero attached hydrogens (tertiary/aromatic N) is 3. The zero-order valence-corrected chi connectivity index (χ0v) is 22.8. The van der Waals surface area contributed by atoms with Crippen molar-refractivity contribution in [3.8, 4) is 0 Å². The number of hydrogen-bond donors (Lipinski definition) is 3. The van der Waals surface area contributed by atoms with E-state index in [1.54, 1.807) is 86.6 Å². The second-order valence-corrected chi connectivity index (χ2v) is 10.3. The summed E-state index contributed by atoms with van der Waals surface area (Å²) in [5, 5.41) is 20.4. The number of carbonyl (C=O) groups excluding carboxylic acids is 3. The van der Waals surface area contributed by atoms with Crippen LogP contribution < -0.4 is 5.73 Å². The number of carbonyl (C=O) groups is 4. The van der Waals surface area contributed by atoms with Crippen LogP contribution >= 0.6 is 0 Å². The van der Waals surface area contributed by atoms with Gasteiger partial charge >= 0.3 is 5.97 Å². The van der Waals surface area contributed by atoms with Gasteiger partial charge in [-0.15, -0.1) is 0 Å². The van der Waals surface area contributed by atoms with Crippen molar-refractivity contribution in [3.63, 3.8) is 0 Å². The number of aliphatic carboxylic acids is 1. The van der Waals surface area contributed by atoms with Gasteiger partial charge in [0.1, 0.15) is 6.04 Å². The van der Waals surface area contributed by atoms with Gasteiger partial charge in [0.15, 0.2) is 5.78 Å². The van der Waals surface area contributed by atoms with Gasteiger partial charge < -0.3 is 20.0 Å². The molecule has 1 aromatic heterocycles. The zero-order chi connectivity index (χ0) is 29.7. The van der Waals surface area contributed by atoms with Gasteiger partial charge in [-0.1, -0.05) is 74.5 Å². The molecule has 0 radical (unpaired) electrons. The number of hydrogen-bond acceptors (Lipinski definition) is 7. The summed E-state index contributed by atoms with van der Waals surface area (Å²) in [7, 11) is 0. The highest BCUT2D eigenvalue weighted by molar-refractivity contribution is 6.04. The minimum Gasteiger partial charge on any atom is -0.478 e. The first-order valence-corrected chi connectivity index (χ1v) is 13.1. The van der Waals surface area contributed by atoms with E-state index in [0.717, 1.165) is 0 Å². The van der Waals surface area contributed by atoms with E-state index >= 15 is 0 Å². The maximum atomic E-state index is 14.1. The summed E-state index contributed by atoms with van der Waals surface area (Å²) in [5.74, 6) is -5.35. The van der Waals surface area contributed by atoms with E-state index in [0.29, 0.717) is 16.7 Å². The Bertz CT molecular complexity index is 1440. The molecule has 41 heavy (non-hydrogen) atoms. The van der Waals surface area contributed by atoms with Gasteiger partial charge in [-0.3, -0.25) is 25.1 Å². The van der Waals surface area contributed by atoms with Crippen molar-refractivity contribution in [1.29, 1.82) is 0 Å². The van der Waals surface area contributed by atoms with Crippen LogP contribution in [0.15, 0.2) is 91.4 Å². The first-order valence-electron chi connectivity index (χ1n) is 13.1. The highest BCUT2D eigenvalue weighted by Crippen LogP contribution is 2.32. The van der Waals surface area contributed by atoms with Crippen LogP contribution in [0.3, 0.4) is 0 Å². The van der Waals surface area contributed by atoms with Crippen molar-refractivity contribution in [2.75, 3.05) is 6.54 Å². The Hall–Kier alpha value is -4.67. The quantitative estimate of drug-likeness (QED) is 0.322.